The van der Waals surface area contributed by atoms with Crippen molar-refractivity contribution in [2.24, 2.45) is 5.92 Å². The van der Waals surface area contributed by atoms with Crippen molar-refractivity contribution in [3.63, 3.8) is 0 Å². The van der Waals surface area contributed by atoms with Gasteiger partial charge in [-0.15, -0.1) is 0 Å². The largest absolute Gasteiger partial charge is 0.497 e. The maximum atomic E-state index is 12.3. The SMILES string of the molecule is COCCC1CCN(C(=O)CCc2cccc(OC)c2)CC1. The van der Waals surface area contributed by atoms with Crippen molar-refractivity contribution < 1.29 is 14.3 Å². The number of rotatable bonds is 7. The Morgan fingerprint density at radius 3 is 2.73 bits per heavy atom. The van der Waals surface area contributed by atoms with Gasteiger partial charge in [0.2, 0.25) is 5.91 Å². The molecule has 1 aromatic carbocycles. The van der Waals surface area contributed by atoms with Gasteiger partial charge < -0.3 is 14.4 Å². The molecular formula is C18H27NO3. The summed E-state index contributed by atoms with van der Waals surface area (Å²) in [6.07, 6.45) is 4.68. The highest BCUT2D eigenvalue weighted by Gasteiger charge is 2.22. The average molecular weight is 305 g/mol. The molecule has 0 radical (unpaired) electrons. The summed E-state index contributed by atoms with van der Waals surface area (Å²) in [6.45, 7) is 2.62. The van der Waals surface area contributed by atoms with Gasteiger partial charge in [-0.2, -0.15) is 0 Å². The van der Waals surface area contributed by atoms with E-state index in [4.69, 9.17) is 9.47 Å². The molecule has 4 heteroatoms. The normalized spacial score (nSPS) is 15.8. The van der Waals surface area contributed by atoms with Crippen molar-refractivity contribution in [3.05, 3.63) is 29.8 Å². The molecule has 1 heterocycles. The lowest BCUT2D eigenvalue weighted by Gasteiger charge is -2.32. The summed E-state index contributed by atoms with van der Waals surface area (Å²) in [6, 6.07) is 7.95. The van der Waals surface area contributed by atoms with Crippen LogP contribution < -0.4 is 4.74 Å². The van der Waals surface area contributed by atoms with E-state index in [0.29, 0.717) is 12.3 Å². The van der Waals surface area contributed by atoms with Crippen molar-refractivity contribution in [1.82, 2.24) is 4.90 Å². The van der Waals surface area contributed by atoms with Crippen LogP contribution in [0.25, 0.3) is 0 Å². The molecule has 22 heavy (non-hydrogen) atoms. The molecule has 0 N–H and O–H groups in total. The number of methoxy groups -OCH3 is 2. The minimum Gasteiger partial charge on any atom is -0.497 e. The highest BCUT2D eigenvalue weighted by atomic mass is 16.5. The summed E-state index contributed by atoms with van der Waals surface area (Å²) in [5, 5.41) is 0. The van der Waals surface area contributed by atoms with E-state index in [0.717, 1.165) is 56.7 Å². The van der Waals surface area contributed by atoms with Gasteiger partial charge in [-0.1, -0.05) is 12.1 Å². The van der Waals surface area contributed by atoms with E-state index in [1.807, 2.05) is 29.2 Å². The maximum Gasteiger partial charge on any atom is 0.222 e. The van der Waals surface area contributed by atoms with Crippen LogP contribution in [-0.4, -0.2) is 44.7 Å². The number of likely N-dealkylation sites (tertiary alicyclic amines) is 1. The third-order valence-electron chi connectivity index (χ3n) is 4.46. The van der Waals surface area contributed by atoms with Gasteiger partial charge in [-0.25, -0.2) is 0 Å². The first kappa shape index (κ1) is 16.8. The average Bonchev–Trinajstić information content (AvgIpc) is 2.58. The molecule has 0 unspecified atom stereocenters. The molecule has 122 valence electrons. The van der Waals surface area contributed by atoms with Crippen LogP contribution in [0.15, 0.2) is 24.3 Å². The van der Waals surface area contributed by atoms with E-state index in [-0.39, 0.29) is 5.91 Å². The number of hydrogen-bond donors (Lipinski definition) is 0. The molecule has 1 aromatic rings. The van der Waals surface area contributed by atoms with E-state index in [2.05, 4.69) is 0 Å². The first-order valence-corrected chi connectivity index (χ1v) is 8.12. The Kier molecular flexibility index (Phi) is 6.72. The quantitative estimate of drug-likeness (QED) is 0.777. The summed E-state index contributed by atoms with van der Waals surface area (Å²) in [4.78, 5) is 14.3. The Balaban J connectivity index is 1.74. The Hall–Kier alpha value is -1.55. The molecule has 0 saturated carbocycles. The molecule has 1 saturated heterocycles. The van der Waals surface area contributed by atoms with Crippen molar-refractivity contribution >= 4 is 5.91 Å². The molecule has 2 rings (SSSR count). The lowest BCUT2D eigenvalue weighted by Crippen LogP contribution is -2.38. The number of piperidine rings is 1. The zero-order chi connectivity index (χ0) is 15.8. The van der Waals surface area contributed by atoms with E-state index < -0.39 is 0 Å². The highest BCUT2D eigenvalue weighted by Crippen LogP contribution is 2.21. The molecule has 1 aliphatic rings. The third kappa shape index (κ3) is 5.02. The summed E-state index contributed by atoms with van der Waals surface area (Å²) < 4.78 is 10.4. The predicted molar refractivity (Wildman–Crippen MR) is 87.1 cm³/mol. The van der Waals surface area contributed by atoms with E-state index >= 15 is 0 Å². The van der Waals surface area contributed by atoms with Gasteiger partial charge in [-0.3, -0.25) is 4.79 Å². The van der Waals surface area contributed by atoms with Crippen LogP contribution in [0.4, 0.5) is 0 Å². The van der Waals surface area contributed by atoms with Gasteiger partial charge in [0, 0.05) is 33.2 Å². The number of amides is 1. The smallest absolute Gasteiger partial charge is 0.222 e. The molecule has 0 aromatic heterocycles. The van der Waals surface area contributed by atoms with Crippen LogP contribution in [0.3, 0.4) is 0 Å². The number of carbonyl (C=O) groups is 1. The lowest BCUT2D eigenvalue weighted by atomic mass is 9.93. The Labute approximate surface area is 133 Å². The molecule has 0 atom stereocenters. The second-order valence-corrected chi connectivity index (χ2v) is 5.96. The number of hydrogen-bond acceptors (Lipinski definition) is 3. The molecule has 1 fully saturated rings. The fraction of sp³-hybridized carbons (Fsp3) is 0.611. The Morgan fingerprint density at radius 1 is 1.27 bits per heavy atom. The minimum absolute atomic E-state index is 0.271. The highest BCUT2D eigenvalue weighted by molar-refractivity contribution is 5.76. The van der Waals surface area contributed by atoms with Crippen LogP contribution in [0.5, 0.6) is 5.75 Å². The first-order chi connectivity index (χ1) is 10.7. The van der Waals surface area contributed by atoms with Crippen molar-refractivity contribution in [2.45, 2.75) is 32.1 Å². The van der Waals surface area contributed by atoms with E-state index in [9.17, 15) is 4.79 Å². The molecule has 0 aliphatic carbocycles. The summed E-state index contributed by atoms with van der Waals surface area (Å²) in [5.41, 5.74) is 1.16. The molecule has 4 nitrogen and oxygen atoms in total. The third-order valence-corrected chi connectivity index (χ3v) is 4.46. The maximum absolute atomic E-state index is 12.3. The first-order valence-electron chi connectivity index (χ1n) is 8.12. The van der Waals surface area contributed by atoms with E-state index in [1.165, 1.54) is 0 Å². The number of aryl methyl sites for hydroxylation is 1. The van der Waals surface area contributed by atoms with Crippen LogP contribution in [0, 0.1) is 5.92 Å². The lowest BCUT2D eigenvalue weighted by molar-refractivity contribution is -0.132. The topological polar surface area (TPSA) is 38.8 Å². The molecule has 1 amide bonds. The Bertz CT molecular complexity index is 467. The van der Waals surface area contributed by atoms with Gasteiger partial charge >= 0.3 is 0 Å². The molecular weight excluding hydrogens is 278 g/mol. The fourth-order valence-corrected chi connectivity index (χ4v) is 2.99. The van der Waals surface area contributed by atoms with Crippen LogP contribution in [0.1, 0.15) is 31.2 Å². The number of nitrogens with zero attached hydrogens (tertiary/aromatic N) is 1. The van der Waals surface area contributed by atoms with Gasteiger partial charge in [0.15, 0.2) is 0 Å². The molecule has 0 bridgehead atoms. The monoisotopic (exact) mass is 305 g/mol. The van der Waals surface area contributed by atoms with Crippen molar-refractivity contribution in [2.75, 3.05) is 33.9 Å². The summed E-state index contributed by atoms with van der Waals surface area (Å²) in [5.74, 6) is 1.83. The number of carbonyl (C=O) groups excluding carboxylic acids is 1. The summed E-state index contributed by atoms with van der Waals surface area (Å²) >= 11 is 0. The van der Waals surface area contributed by atoms with Crippen molar-refractivity contribution in [3.8, 4) is 5.75 Å². The van der Waals surface area contributed by atoms with Gasteiger partial charge in [-0.05, 0) is 49.3 Å². The summed E-state index contributed by atoms with van der Waals surface area (Å²) in [7, 11) is 3.41. The Morgan fingerprint density at radius 2 is 2.05 bits per heavy atom. The van der Waals surface area contributed by atoms with Gasteiger partial charge in [0.1, 0.15) is 5.75 Å². The standard InChI is InChI=1S/C18H27NO3/c1-21-13-10-15-8-11-19(12-9-15)18(20)7-6-16-4-3-5-17(14-16)22-2/h3-5,14-15H,6-13H2,1-2H3. The fourth-order valence-electron chi connectivity index (χ4n) is 2.99. The minimum atomic E-state index is 0.271. The van der Waals surface area contributed by atoms with Crippen LogP contribution in [-0.2, 0) is 16.0 Å². The van der Waals surface area contributed by atoms with Crippen molar-refractivity contribution in [1.29, 1.82) is 0 Å². The molecule has 1 aliphatic heterocycles. The number of benzene rings is 1. The zero-order valence-electron chi connectivity index (χ0n) is 13.7. The number of ether oxygens (including phenoxy) is 2. The second-order valence-electron chi connectivity index (χ2n) is 5.96. The second kappa shape index (κ2) is 8.79. The predicted octanol–water partition coefficient (Wildman–Crippen LogP) is 2.90. The van der Waals surface area contributed by atoms with Gasteiger partial charge in [0.05, 0.1) is 7.11 Å². The van der Waals surface area contributed by atoms with E-state index in [1.54, 1.807) is 14.2 Å². The van der Waals surface area contributed by atoms with Crippen LogP contribution >= 0.6 is 0 Å². The zero-order valence-corrected chi connectivity index (χ0v) is 13.7. The van der Waals surface area contributed by atoms with Gasteiger partial charge in [0.25, 0.3) is 0 Å². The molecule has 0 spiro atoms. The van der Waals surface area contributed by atoms with Crippen LogP contribution in [0.2, 0.25) is 0 Å².